The quantitative estimate of drug-likeness (QED) is 0.0201. The summed E-state index contributed by atoms with van der Waals surface area (Å²) in [6, 6.07) is -1.87. The highest BCUT2D eigenvalue weighted by molar-refractivity contribution is 5.73. The van der Waals surface area contributed by atoms with E-state index in [9.17, 15) is 127 Å². The van der Waals surface area contributed by atoms with Crippen molar-refractivity contribution >= 4 is 5.97 Å². The fourth-order valence-electron chi connectivity index (χ4n) is 20.6. The van der Waals surface area contributed by atoms with E-state index in [2.05, 4.69) is 0 Å². The van der Waals surface area contributed by atoms with Gasteiger partial charge in [-0.3, -0.25) is 4.79 Å². The Hall–Kier alpha value is -2.99. The molecule has 0 aromatic rings. The van der Waals surface area contributed by atoms with Crippen LogP contribution in [0.2, 0.25) is 0 Å². The molecule has 9 aliphatic rings. The molecule has 0 saturated carbocycles. The molecule has 834 valence electrons. The molecule has 9 aliphatic heterocycles. The number of carbonyl (C=O) groups excluding carboxylic acids is 1. The number of cyclic esters (lactones) is 1. The molecule has 44 heteroatoms. The van der Waals surface area contributed by atoms with Crippen molar-refractivity contribution in [2.45, 2.75) is 526 Å². The summed E-state index contributed by atoms with van der Waals surface area (Å²) >= 11 is 0. The molecule has 0 amide bonds. The van der Waals surface area contributed by atoms with Crippen molar-refractivity contribution in [2.75, 3.05) is 6.61 Å². The Bertz CT molecular complexity index is 3760. The van der Waals surface area contributed by atoms with Crippen LogP contribution in [0.25, 0.3) is 0 Å². The second-order valence-electron chi connectivity index (χ2n) is 43.2. The lowest BCUT2D eigenvalue weighted by atomic mass is 9.82. The van der Waals surface area contributed by atoms with Crippen molar-refractivity contribution in [1.29, 1.82) is 0 Å². The van der Waals surface area contributed by atoms with E-state index in [1.54, 1.807) is 46.8 Å². The van der Waals surface area contributed by atoms with E-state index in [-0.39, 0.29) is 75.5 Å². The number of unbranched alkanes of at least 4 members (excludes halogenated alkanes) is 1. The normalized spacial score (nSPS) is 48.7. The highest BCUT2D eigenvalue weighted by Gasteiger charge is 2.60. The predicted octanol–water partition coefficient (Wildman–Crippen LogP) is -3.01. The second-order valence-corrected chi connectivity index (χ2v) is 43.2. The van der Waals surface area contributed by atoms with Gasteiger partial charge in [-0.2, -0.15) is 0 Å². The number of nitrogens with two attached hydrogens (primary N) is 3. The Morgan fingerprint density at radius 3 is 1.62 bits per heavy atom. The number of esters is 1. The Balaban J connectivity index is 0.996. The number of rotatable bonds is 29. The van der Waals surface area contributed by atoms with Crippen LogP contribution >= 0.6 is 0 Å². The number of allylic oxidation sites excluding steroid dienone is 2. The molecule has 44 nitrogen and oxygen atoms in total. The molecule has 57 atom stereocenters. The van der Waals surface area contributed by atoms with E-state index in [1.165, 1.54) is 72.8 Å². The molecule has 0 unspecified atom stereocenters. The first-order chi connectivity index (χ1) is 67.0. The Morgan fingerprint density at radius 2 is 1.00 bits per heavy atom. The Labute approximate surface area is 838 Å². The molecule has 0 aliphatic carbocycles. The van der Waals surface area contributed by atoms with Gasteiger partial charge in [-0.25, -0.2) is 0 Å². The number of aliphatic hydroxyl groups excluding tert-OH is 23. The van der Waals surface area contributed by atoms with Crippen LogP contribution in [-0.4, -0.2) is 435 Å². The van der Waals surface area contributed by atoms with Gasteiger partial charge in [-0.05, 0) is 138 Å². The van der Waals surface area contributed by atoms with Crippen molar-refractivity contribution in [3.05, 3.63) is 36.5 Å². The van der Waals surface area contributed by atoms with E-state index in [0.717, 1.165) is 0 Å². The standard InChI is InChI=1S/C99H177N3O41/c1-42-22-18-20-26-63(108)47(6)66(111)33-60(107)35-69(136-95-85(122)83(120)81(118)72(41-103)138-95)49(8)70-38-67(112)92(125)99(127,143-70)39-71(43(2)28-30-59(106)32-57(104)25-21-27-64(109)48(7)93(126)135-68(42)34-58(105)24-19-17-23-44(3)76(113)45(4)29-31-65(110)46(5)50(9)128-75-40-98(16,102)91(124)56(15)131-75)137-97-90(142-94-84(121)82(119)79(116)53(12)132-94)89(140-74-37-62(101)78(115)52(11)130-74)87(55(14)134-97)141-96-86(123)88(80(117)54(13)133-96)139-73-36-61(100)77(114)51(10)129-73/h18,20-22,26-27,42-92,94-97,103-125,127H,17,19,23-25,28-41,100-102H2,1-16H3/b22-18+,26-20+,27-21+/t42-,43+,44+,45+,46+,47+,48-,49-,50-,51+,52+,53-,54+,55-,56-,57-,58-,59+,60+,61-,62-,63-,64-,65-,66-,67+,68-,69+,70+,71+,72+,73-,74+,75+,76-,77+,78+,79-,80+,81-,82-,83-,84+,85+,86+,87+,88+,89-,90-,91-,92+,94+,95-,96-,97+,98+,99-/m0/s1. The number of carbonyl (C=O) groups is 1. The first-order valence-corrected chi connectivity index (χ1v) is 51.6. The number of fused-ring (bicyclic) bond motifs is 2. The van der Waals surface area contributed by atoms with Gasteiger partial charge in [0.2, 0.25) is 0 Å². The fourth-order valence-corrected chi connectivity index (χ4v) is 20.6. The molecule has 9 rings (SSSR count). The van der Waals surface area contributed by atoms with Gasteiger partial charge < -0.3 is 216 Å². The summed E-state index contributed by atoms with van der Waals surface area (Å²) in [5.41, 5.74) is 18.2. The molecule has 143 heavy (non-hydrogen) atoms. The van der Waals surface area contributed by atoms with Gasteiger partial charge in [0.25, 0.3) is 0 Å². The third-order valence-corrected chi connectivity index (χ3v) is 31.3. The summed E-state index contributed by atoms with van der Waals surface area (Å²) in [6.07, 6.45) is -57.1. The van der Waals surface area contributed by atoms with Crippen LogP contribution in [0.3, 0.4) is 0 Å². The largest absolute Gasteiger partial charge is 0.461 e. The van der Waals surface area contributed by atoms with Crippen LogP contribution in [0.5, 0.6) is 0 Å². The zero-order chi connectivity index (χ0) is 106. The lowest BCUT2D eigenvalue weighted by Crippen LogP contribution is -2.67. The van der Waals surface area contributed by atoms with Crippen LogP contribution in [0.15, 0.2) is 36.5 Å². The van der Waals surface area contributed by atoms with Crippen molar-refractivity contribution in [1.82, 2.24) is 0 Å². The van der Waals surface area contributed by atoms with Crippen LogP contribution in [0, 0.1) is 47.3 Å². The number of ether oxygens (including phenoxy) is 16. The summed E-state index contributed by atoms with van der Waals surface area (Å²) in [5, 5.41) is 278. The van der Waals surface area contributed by atoms with Gasteiger partial charge in [0.05, 0.1) is 153 Å². The van der Waals surface area contributed by atoms with Gasteiger partial charge in [0, 0.05) is 86.2 Å². The number of hydrogen-bond donors (Lipinski definition) is 27. The molecular formula is C99H177N3O41. The summed E-state index contributed by atoms with van der Waals surface area (Å²) in [4.78, 5) is 14.2. The zero-order valence-electron chi connectivity index (χ0n) is 85.6. The first kappa shape index (κ1) is 124. The van der Waals surface area contributed by atoms with E-state index in [1.807, 2.05) is 27.7 Å². The molecule has 2 bridgehead atoms. The maximum Gasteiger partial charge on any atom is 0.311 e. The topological polar surface area (TPSA) is 728 Å². The molecule has 0 radical (unpaired) electrons. The molecule has 0 aromatic heterocycles. The molecule has 0 aromatic carbocycles. The molecule has 9 heterocycles. The highest BCUT2D eigenvalue weighted by atomic mass is 16.8. The van der Waals surface area contributed by atoms with Gasteiger partial charge in [0.1, 0.15) is 91.6 Å². The van der Waals surface area contributed by atoms with Crippen LogP contribution < -0.4 is 17.2 Å². The van der Waals surface area contributed by atoms with Crippen molar-refractivity contribution in [3.8, 4) is 0 Å². The van der Waals surface area contributed by atoms with E-state index in [0.29, 0.717) is 32.1 Å². The van der Waals surface area contributed by atoms with Crippen LogP contribution in [0.4, 0.5) is 0 Å². The van der Waals surface area contributed by atoms with Crippen molar-refractivity contribution < 1.29 is 203 Å². The molecule has 0 spiro atoms. The zero-order valence-corrected chi connectivity index (χ0v) is 85.6. The Morgan fingerprint density at radius 1 is 0.455 bits per heavy atom. The smallest absolute Gasteiger partial charge is 0.311 e. The third-order valence-electron chi connectivity index (χ3n) is 31.3. The lowest BCUT2D eigenvalue weighted by Gasteiger charge is -2.52. The van der Waals surface area contributed by atoms with E-state index in [4.69, 9.17) is 93.0 Å². The van der Waals surface area contributed by atoms with Crippen molar-refractivity contribution in [2.24, 2.45) is 64.5 Å². The van der Waals surface area contributed by atoms with Gasteiger partial charge >= 0.3 is 5.97 Å². The third kappa shape index (κ3) is 33.3. The van der Waals surface area contributed by atoms with E-state index < -0.39 is 367 Å². The summed E-state index contributed by atoms with van der Waals surface area (Å²) in [7, 11) is 0. The average Bonchev–Trinajstić information content (AvgIpc) is 0.759. The molecular weight excluding hydrogens is 1890 g/mol. The van der Waals surface area contributed by atoms with Gasteiger partial charge in [-0.15, -0.1) is 0 Å². The minimum atomic E-state index is -2.99. The van der Waals surface area contributed by atoms with Crippen molar-refractivity contribution in [3.63, 3.8) is 0 Å². The monoisotopic (exact) mass is 2060 g/mol. The highest BCUT2D eigenvalue weighted by Crippen LogP contribution is 2.45. The second kappa shape index (κ2) is 55.7. The molecule has 30 N–H and O–H groups in total. The SMILES string of the molecule is C[C@H]1[C@H](O[C@H]2O[C@H](CO)[C@H](O)[C@H](O)[C@H]2O)C[C@H](O)C[C@H](O)[C@H](C)[C@@H](O)/C=C/C=C/[C@H](C)[C@H](C[C@@H](O)CCCC[C@@H](C)[C@H](O)[C@H](C)CC[C@H](O)[C@H](C)[C@H](C)O[C@H]2C[C@@](C)(N)[C@@H](O)[C@H](C)O2)OC(=O)[C@@H](C)[C@@H](O)/C=C/C[C@H](O)C[C@H](O)CC[C@@H](C)[C@H](O[C@H]2O[C@@H](C)[C@@H](O[C@@H]3O[C@H](C)[C@@H](O)[C@@H](O[C@H]4C[C@H](N)[C@H](O)[C@@H](C)O4)[C@H]3O)[C@H](O[C@@H]3C[C@H](N)[C@H](O)[C@@H](C)O3)[C@@H]2O[C@H]2O[C@@H](C)[C@H](O)[C@H](O)[C@H]2O)C[C@]2(O)O[C@@H]1C[C@@H](O)[C@H]2O. The van der Waals surface area contributed by atoms with E-state index >= 15 is 0 Å². The first-order valence-electron chi connectivity index (χ1n) is 51.6. The van der Waals surface area contributed by atoms with Crippen LogP contribution in [0.1, 0.15) is 226 Å². The minimum Gasteiger partial charge on any atom is -0.461 e. The van der Waals surface area contributed by atoms with Gasteiger partial charge in [-0.1, -0.05) is 97.8 Å². The summed E-state index contributed by atoms with van der Waals surface area (Å²) < 4.78 is 102. The van der Waals surface area contributed by atoms with Crippen LogP contribution in [-0.2, 0) is 80.6 Å². The Kier molecular flexibility index (Phi) is 48.1. The summed E-state index contributed by atoms with van der Waals surface area (Å²) in [6.45, 7) is 25.2. The number of aliphatic hydroxyl groups is 24. The summed E-state index contributed by atoms with van der Waals surface area (Å²) in [5.74, 6) is -9.67. The fraction of sp³-hybridized carbons (Fsp3) is 0.929. The molecule has 8 fully saturated rings. The maximum absolute atomic E-state index is 14.2. The minimum absolute atomic E-state index is 0.0693. The lowest BCUT2D eigenvalue weighted by molar-refractivity contribution is -0.407. The molecule has 8 saturated heterocycles. The average molecular weight is 2070 g/mol. The predicted molar refractivity (Wildman–Crippen MR) is 506 cm³/mol. The maximum atomic E-state index is 14.2. The van der Waals surface area contributed by atoms with Gasteiger partial charge in [0.15, 0.2) is 49.8 Å². The number of hydrogen-bond acceptors (Lipinski definition) is 44.